The summed E-state index contributed by atoms with van der Waals surface area (Å²) >= 11 is 0. The van der Waals surface area contributed by atoms with Gasteiger partial charge in [-0.25, -0.2) is 10.6 Å². The van der Waals surface area contributed by atoms with E-state index in [2.05, 4.69) is 13.8 Å². The van der Waals surface area contributed by atoms with Gasteiger partial charge in [0.25, 0.3) is 0 Å². The maximum atomic E-state index is 10.4. The first-order valence-electron chi connectivity index (χ1n) is 4.57. The van der Waals surface area contributed by atoms with Gasteiger partial charge < -0.3 is 4.74 Å². The normalized spacial score (nSPS) is 9.69. The van der Waals surface area contributed by atoms with Gasteiger partial charge in [0.1, 0.15) is 5.60 Å². The first-order valence-corrected chi connectivity index (χ1v) is 4.57. The Bertz CT molecular complexity index is 128. The Balaban J connectivity index is 0. The summed E-state index contributed by atoms with van der Waals surface area (Å²) in [7, 11) is 0. The predicted octanol–water partition coefficient (Wildman–Crippen LogP) is 2.19. The third kappa shape index (κ3) is 18.3. The molecule has 0 heterocycles. The smallest absolute Gasteiger partial charge is 0.421 e. The maximum absolute atomic E-state index is 10.4. The molecule has 0 aromatic heterocycles. The van der Waals surface area contributed by atoms with Crippen molar-refractivity contribution >= 4 is 6.09 Å². The fourth-order valence-electron chi connectivity index (χ4n) is 0.308. The number of ether oxygens (including phenoxy) is 1. The highest BCUT2D eigenvalue weighted by Crippen LogP contribution is 2.05. The number of hydrogen-bond acceptors (Lipinski definition) is 3. The summed E-state index contributed by atoms with van der Waals surface area (Å²) in [5.74, 6) is 4.75. The lowest BCUT2D eigenvalue weighted by atomic mass is 10.2. The number of unbranched alkanes of at least 4 members (excludes halogenated alkanes) is 1. The van der Waals surface area contributed by atoms with E-state index in [1.54, 1.807) is 20.8 Å². The van der Waals surface area contributed by atoms with Gasteiger partial charge in [0.05, 0.1) is 0 Å². The van der Waals surface area contributed by atoms with Crippen LogP contribution in [0.25, 0.3) is 0 Å². The molecule has 0 aromatic rings. The Morgan fingerprint density at radius 1 is 1.31 bits per heavy atom. The number of hydrogen-bond donors (Lipinski definition) is 2. The zero-order valence-electron chi connectivity index (χ0n) is 9.31. The second kappa shape index (κ2) is 7.86. The fourth-order valence-corrected chi connectivity index (χ4v) is 0.308. The zero-order chi connectivity index (χ0) is 10.9. The molecular weight excluding hydrogens is 168 g/mol. The Kier molecular flexibility index (Phi) is 8.91. The van der Waals surface area contributed by atoms with E-state index in [9.17, 15) is 4.79 Å². The van der Waals surface area contributed by atoms with Crippen LogP contribution in [0.5, 0.6) is 0 Å². The Labute approximate surface area is 80.8 Å². The molecule has 0 bridgehead atoms. The molecule has 0 atom stereocenters. The lowest BCUT2D eigenvalue weighted by Crippen LogP contribution is -2.36. The lowest BCUT2D eigenvalue weighted by Gasteiger charge is -2.18. The number of nitrogens with one attached hydrogen (secondary N) is 1. The van der Waals surface area contributed by atoms with Crippen LogP contribution in [-0.2, 0) is 4.74 Å². The van der Waals surface area contributed by atoms with Crippen LogP contribution in [0.2, 0.25) is 0 Å². The van der Waals surface area contributed by atoms with Gasteiger partial charge in [0.2, 0.25) is 0 Å². The summed E-state index contributed by atoms with van der Waals surface area (Å²) in [5.41, 5.74) is 1.39. The molecule has 0 aromatic carbocycles. The molecule has 0 aliphatic heterocycles. The molecule has 4 nitrogen and oxygen atoms in total. The van der Waals surface area contributed by atoms with E-state index in [0.717, 1.165) is 0 Å². The van der Waals surface area contributed by atoms with Crippen LogP contribution in [0.15, 0.2) is 0 Å². The number of nitrogens with two attached hydrogens (primary N) is 1. The quantitative estimate of drug-likeness (QED) is 0.378. The zero-order valence-corrected chi connectivity index (χ0v) is 9.31. The third-order valence-corrected chi connectivity index (χ3v) is 1.02. The predicted molar refractivity (Wildman–Crippen MR) is 54.1 cm³/mol. The molecule has 0 fully saturated rings. The highest BCUT2D eigenvalue weighted by atomic mass is 16.6. The highest BCUT2D eigenvalue weighted by Gasteiger charge is 2.14. The molecule has 80 valence electrons. The Morgan fingerprint density at radius 2 is 1.69 bits per heavy atom. The van der Waals surface area contributed by atoms with Gasteiger partial charge in [-0.3, -0.25) is 5.43 Å². The largest absolute Gasteiger partial charge is 0.443 e. The van der Waals surface area contributed by atoms with Crippen LogP contribution in [-0.4, -0.2) is 11.7 Å². The number of rotatable bonds is 1. The van der Waals surface area contributed by atoms with Crippen LogP contribution in [0.1, 0.15) is 47.5 Å². The second-order valence-electron chi connectivity index (χ2n) is 3.65. The van der Waals surface area contributed by atoms with Gasteiger partial charge in [0, 0.05) is 0 Å². The standard InChI is InChI=1S/C5H12N2O2.C4H10/c1-5(2,3)9-4(8)7-6;1-3-4-2/h6H2,1-3H3,(H,7,8);3-4H2,1-2H3. The van der Waals surface area contributed by atoms with Crippen molar-refractivity contribution in [2.24, 2.45) is 5.84 Å². The lowest BCUT2D eigenvalue weighted by molar-refractivity contribution is 0.0527. The summed E-state index contributed by atoms with van der Waals surface area (Å²) in [6, 6.07) is 0. The first kappa shape index (κ1) is 14.7. The molecule has 0 unspecified atom stereocenters. The summed E-state index contributed by atoms with van der Waals surface area (Å²) in [5, 5.41) is 0. The van der Waals surface area contributed by atoms with Crippen molar-refractivity contribution in [3.05, 3.63) is 0 Å². The number of hydrazine groups is 1. The molecule has 13 heavy (non-hydrogen) atoms. The molecule has 0 aliphatic carbocycles. The van der Waals surface area contributed by atoms with Gasteiger partial charge in [-0.15, -0.1) is 0 Å². The Hall–Kier alpha value is -0.770. The monoisotopic (exact) mass is 190 g/mol. The van der Waals surface area contributed by atoms with Gasteiger partial charge >= 0.3 is 6.09 Å². The SMILES string of the molecule is CC(C)(C)OC(=O)NN.CCCC. The van der Waals surface area contributed by atoms with Gasteiger partial charge in [-0.05, 0) is 20.8 Å². The van der Waals surface area contributed by atoms with Crippen LogP contribution in [0.4, 0.5) is 4.79 Å². The third-order valence-electron chi connectivity index (χ3n) is 1.02. The molecule has 3 N–H and O–H groups in total. The van der Waals surface area contributed by atoms with Gasteiger partial charge in [-0.1, -0.05) is 26.7 Å². The molecule has 1 amide bonds. The minimum Gasteiger partial charge on any atom is -0.443 e. The van der Waals surface area contributed by atoms with Crippen LogP contribution in [0.3, 0.4) is 0 Å². The van der Waals surface area contributed by atoms with Gasteiger partial charge in [-0.2, -0.15) is 0 Å². The van der Waals surface area contributed by atoms with Crippen molar-refractivity contribution in [1.29, 1.82) is 0 Å². The van der Waals surface area contributed by atoms with Crippen molar-refractivity contribution in [2.75, 3.05) is 0 Å². The summed E-state index contributed by atoms with van der Waals surface area (Å²) in [6.45, 7) is 9.66. The van der Waals surface area contributed by atoms with Gasteiger partial charge in [0.15, 0.2) is 0 Å². The van der Waals surface area contributed by atoms with Crippen LogP contribution < -0.4 is 11.3 Å². The molecule has 0 rings (SSSR count). The first-order chi connectivity index (χ1) is 5.87. The van der Waals surface area contributed by atoms with E-state index in [0.29, 0.717) is 0 Å². The van der Waals surface area contributed by atoms with Crippen LogP contribution in [0, 0.1) is 0 Å². The second-order valence-corrected chi connectivity index (χ2v) is 3.65. The van der Waals surface area contributed by atoms with Crippen molar-refractivity contribution in [2.45, 2.75) is 53.1 Å². The number of amides is 1. The molecule has 0 radical (unpaired) electrons. The summed E-state index contributed by atoms with van der Waals surface area (Å²) in [6.07, 6.45) is 2.03. The summed E-state index contributed by atoms with van der Waals surface area (Å²) < 4.78 is 4.71. The van der Waals surface area contributed by atoms with E-state index in [-0.39, 0.29) is 0 Å². The highest BCUT2D eigenvalue weighted by molar-refractivity contribution is 5.66. The maximum Gasteiger partial charge on any atom is 0.421 e. The molecule has 0 saturated heterocycles. The molecular formula is C9H22N2O2. The van der Waals surface area contributed by atoms with Crippen molar-refractivity contribution in [3.8, 4) is 0 Å². The molecule has 4 heteroatoms. The number of carbonyl (C=O) groups excluding carboxylic acids is 1. The van der Waals surface area contributed by atoms with Crippen molar-refractivity contribution in [3.63, 3.8) is 0 Å². The molecule has 0 aliphatic rings. The minimum atomic E-state index is -0.609. The summed E-state index contributed by atoms with van der Waals surface area (Å²) in [4.78, 5) is 10.4. The topological polar surface area (TPSA) is 64.3 Å². The molecule has 0 spiro atoms. The number of carbonyl (C=O) groups is 1. The van der Waals surface area contributed by atoms with E-state index >= 15 is 0 Å². The fraction of sp³-hybridized carbons (Fsp3) is 0.889. The van der Waals surface area contributed by atoms with Crippen LogP contribution >= 0.6 is 0 Å². The minimum absolute atomic E-state index is 0.469. The molecule has 0 saturated carbocycles. The average Bonchev–Trinajstić information content (AvgIpc) is 2.02. The van der Waals surface area contributed by atoms with E-state index < -0.39 is 11.7 Å². The van der Waals surface area contributed by atoms with Crippen molar-refractivity contribution in [1.82, 2.24) is 5.43 Å². The Morgan fingerprint density at radius 3 is 1.77 bits per heavy atom. The van der Waals surface area contributed by atoms with E-state index in [4.69, 9.17) is 10.6 Å². The van der Waals surface area contributed by atoms with Crippen molar-refractivity contribution < 1.29 is 9.53 Å². The van der Waals surface area contributed by atoms with E-state index in [1.165, 1.54) is 12.8 Å². The van der Waals surface area contributed by atoms with E-state index in [1.807, 2.05) is 5.43 Å². The average molecular weight is 190 g/mol.